The lowest BCUT2D eigenvalue weighted by atomic mass is 9.97. The standard InChI is InChI=1S/C14H15F3N4O/c1-9-19-13(20-22-9)10-3-2-6-21(8-10)12-5-4-11(7-18-12)14(15,16)17/h4-5,7,10H,2-3,6,8H2,1H3. The molecule has 0 spiro atoms. The molecule has 1 aliphatic heterocycles. The zero-order chi connectivity index (χ0) is 15.7. The van der Waals surface area contributed by atoms with Crippen molar-refractivity contribution in [3.05, 3.63) is 35.6 Å². The van der Waals surface area contributed by atoms with E-state index < -0.39 is 11.7 Å². The normalized spacial score (nSPS) is 19.5. The van der Waals surface area contributed by atoms with E-state index in [2.05, 4.69) is 15.1 Å². The SMILES string of the molecule is Cc1nc(C2CCCN(c3ccc(C(F)(F)F)cn3)C2)no1. The van der Waals surface area contributed by atoms with Gasteiger partial charge < -0.3 is 9.42 Å². The van der Waals surface area contributed by atoms with Crippen LogP contribution < -0.4 is 4.90 Å². The highest BCUT2D eigenvalue weighted by atomic mass is 19.4. The number of anilines is 1. The third-order valence-corrected chi connectivity index (χ3v) is 3.73. The Morgan fingerprint density at radius 3 is 2.73 bits per heavy atom. The minimum absolute atomic E-state index is 0.107. The Kier molecular flexibility index (Phi) is 3.76. The molecule has 2 aromatic rings. The predicted molar refractivity (Wildman–Crippen MR) is 72.5 cm³/mol. The van der Waals surface area contributed by atoms with E-state index in [1.165, 1.54) is 6.07 Å². The molecule has 8 heteroatoms. The third-order valence-electron chi connectivity index (χ3n) is 3.73. The molecule has 1 unspecified atom stereocenters. The second kappa shape index (κ2) is 5.58. The third kappa shape index (κ3) is 3.05. The van der Waals surface area contributed by atoms with Crippen molar-refractivity contribution in [1.29, 1.82) is 0 Å². The summed E-state index contributed by atoms with van der Waals surface area (Å²) in [5.41, 5.74) is -0.737. The molecule has 0 saturated carbocycles. The van der Waals surface area contributed by atoms with Gasteiger partial charge in [-0.3, -0.25) is 0 Å². The molecule has 1 aliphatic rings. The molecule has 0 radical (unpaired) electrons. The van der Waals surface area contributed by atoms with Gasteiger partial charge in [-0.15, -0.1) is 0 Å². The summed E-state index contributed by atoms with van der Waals surface area (Å²) in [5.74, 6) is 1.81. The molecule has 3 heterocycles. The van der Waals surface area contributed by atoms with Crippen molar-refractivity contribution in [3.63, 3.8) is 0 Å². The topological polar surface area (TPSA) is 55.1 Å². The molecule has 118 valence electrons. The molecule has 5 nitrogen and oxygen atoms in total. The predicted octanol–water partition coefficient (Wildman–Crippen LogP) is 3.18. The van der Waals surface area contributed by atoms with Gasteiger partial charge in [0.2, 0.25) is 5.89 Å². The van der Waals surface area contributed by atoms with E-state index in [1.54, 1.807) is 6.92 Å². The Bertz CT molecular complexity index is 638. The summed E-state index contributed by atoms with van der Waals surface area (Å²) in [4.78, 5) is 10.1. The van der Waals surface area contributed by atoms with Gasteiger partial charge in [-0.1, -0.05) is 5.16 Å². The fourth-order valence-electron chi connectivity index (χ4n) is 2.62. The number of nitrogens with zero attached hydrogens (tertiary/aromatic N) is 4. The first kappa shape index (κ1) is 14.8. The summed E-state index contributed by atoms with van der Waals surface area (Å²) in [5, 5.41) is 3.93. The lowest BCUT2D eigenvalue weighted by molar-refractivity contribution is -0.137. The van der Waals surface area contributed by atoms with Crippen LogP contribution in [-0.2, 0) is 6.18 Å². The van der Waals surface area contributed by atoms with Crippen LogP contribution in [0.4, 0.5) is 19.0 Å². The van der Waals surface area contributed by atoms with Gasteiger partial charge in [0.05, 0.1) is 5.56 Å². The van der Waals surface area contributed by atoms with E-state index in [9.17, 15) is 13.2 Å². The zero-order valence-corrected chi connectivity index (χ0v) is 12.0. The van der Waals surface area contributed by atoms with Crippen molar-refractivity contribution in [2.45, 2.75) is 31.9 Å². The van der Waals surface area contributed by atoms with Gasteiger partial charge in [0.1, 0.15) is 5.82 Å². The quantitative estimate of drug-likeness (QED) is 0.852. The number of hydrogen-bond acceptors (Lipinski definition) is 5. The van der Waals surface area contributed by atoms with Gasteiger partial charge in [0.25, 0.3) is 0 Å². The van der Waals surface area contributed by atoms with Crippen molar-refractivity contribution in [1.82, 2.24) is 15.1 Å². The lowest BCUT2D eigenvalue weighted by Crippen LogP contribution is -2.35. The molecule has 1 atom stereocenters. The second-order valence-electron chi connectivity index (χ2n) is 5.36. The van der Waals surface area contributed by atoms with Crippen molar-refractivity contribution in [2.24, 2.45) is 0 Å². The number of piperidine rings is 1. The van der Waals surface area contributed by atoms with Crippen LogP contribution in [0.5, 0.6) is 0 Å². The smallest absolute Gasteiger partial charge is 0.356 e. The molecule has 0 aliphatic carbocycles. The zero-order valence-electron chi connectivity index (χ0n) is 12.0. The largest absolute Gasteiger partial charge is 0.417 e. The number of aryl methyl sites for hydroxylation is 1. The molecule has 0 bridgehead atoms. The molecule has 1 fully saturated rings. The summed E-state index contributed by atoms with van der Waals surface area (Å²) in [6.07, 6.45) is -1.66. The lowest BCUT2D eigenvalue weighted by Gasteiger charge is -2.32. The van der Waals surface area contributed by atoms with E-state index in [4.69, 9.17) is 4.52 Å². The van der Waals surface area contributed by atoms with Crippen molar-refractivity contribution in [3.8, 4) is 0 Å². The first-order valence-corrected chi connectivity index (χ1v) is 7.02. The van der Waals surface area contributed by atoms with E-state index >= 15 is 0 Å². The number of aromatic nitrogens is 3. The molecule has 1 saturated heterocycles. The maximum atomic E-state index is 12.6. The van der Waals surface area contributed by atoms with Crippen molar-refractivity contribution >= 4 is 5.82 Å². The molecule has 3 rings (SSSR count). The number of halogens is 3. The molecule has 0 N–H and O–H groups in total. The highest BCUT2D eigenvalue weighted by molar-refractivity contribution is 5.41. The average molecular weight is 312 g/mol. The molecular weight excluding hydrogens is 297 g/mol. The van der Waals surface area contributed by atoms with Crippen LogP contribution in [0.3, 0.4) is 0 Å². The van der Waals surface area contributed by atoms with E-state index in [1.807, 2.05) is 4.90 Å². The molecule has 0 aromatic carbocycles. The van der Waals surface area contributed by atoms with Gasteiger partial charge in [-0.25, -0.2) is 4.98 Å². The Balaban J connectivity index is 1.74. The van der Waals surface area contributed by atoms with Crippen LogP contribution in [0.25, 0.3) is 0 Å². The van der Waals surface area contributed by atoms with Gasteiger partial charge in [-0.2, -0.15) is 18.2 Å². The Morgan fingerprint density at radius 2 is 2.14 bits per heavy atom. The summed E-state index contributed by atoms with van der Waals surface area (Å²) in [6.45, 7) is 3.11. The number of pyridine rings is 1. The van der Waals surface area contributed by atoms with Gasteiger partial charge in [-0.05, 0) is 25.0 Å². The van der Waals surface area contributed by atoms with E-state index in [0.29, 0.717) is 24.1 Å². The maximum absolute atomic E-state index is 12.6. The van der Waals surface area contributed by atoms with Crippen LogP contribution in [0.2, 0.25) is 0 Å². The maximum Gasteiger partial charge on any atom is 0.417 e. The fourth-order valence-corrected chi connectivity index (χ4v) is 2.62. The highest BCUT2D eigenvalue weighted by Crippen LogP contribution is 2.31. The number of rotatable bonds is 2. The molecule has 2 aromatic heterocycles. The van der Waals surface area contributed by atoms with Gasteiger partial charge in [0.15, 0.2) is 5.82 Å². The number of alkyl halides is 3. The summed E-state index contributed by atoms with van der Waals surface area (Å²) in [6, 6.07) is 2.47. The summed E-state index contributed by atoms with van der Waals surface area (Å²) in [7, 11) is 0. The van der Waals surface area contributed by atoms with E-state index in [0.717, 1.165) is 31.6 Å². The van der Waals surface area contributed by atoms with Crippen LogP contribution >= 0.6 is 0 Å². The van der Waals surface area contributed by atoms with Crippen molar-refractivity contribution in [2.75, 3.05) is 18.0 Å². The van der Waals surface area contributed by atoms with Gasteiger partial charge in [0, 0.05) is 32.1 Å². The Morgan fingerprint density at radius 1 is 1.32 bits per heavy atom. The molecule has 22 heavy (non-hydrogen) atoms. The van der Waals surface area contributed by atoms with Crippen LogP contribution in [0.15, 0.2) is 22.9 Å². The Hall–Kier alpha value is -2.12. The second-order valence-corrected chi connectivity index (χ2v) is 5.36. The van der Waals surface area contributed by atoms with Crippen LogP contribution in [0.1, 0.15) is 36.0 Å². The Labute approximate surface area is 125 Å². The average Bonchev–Trinajstić information content (AvgIpc) is 2.93. The minimum Gasteiger partial charge on any atom is -0.356 e. The van der Waals surface area contributed by atoms with Crippen LogP contribution in [0, 0.1) is 6.92 Å². The first-order valence-electron chi connectivity index (χ1n) is 7.02. The first-order chi connectivity index (χ1) is 10.4. The van der Waals surface area contributed by atoms with E-state index in [-0.39, 0.29) is 5.92 Å². The monoisotopic (exact) mass is 312 g/mol. The molecular formula is C14H15F3N4O. The van der Waals surface area contributed by atoms with Gasteiger partial charge >= 0.3 is 6.18 Å². The minimum atomic E-state index is -4.36. The summed E-state index contributed by atoms with van der Waals surface area (Å²) < 4.78 is 42.7. The summed E-state index contributed by atoms with van der Waals surface area (Å²) >= 11 is 0. The fraction of sp³-hybridized carbons (Fsp3) is 0.500. The van der Waals surface area contributed by atoms with Crippen molar-refractivity contribution < 1.29 is 17.7 Å². The number of hydrogen-bond donors (Lipinski definition) is 0. The highest BCUT2D eigenvalue weighted by Gasteiger charge is 2.31. The van der Waals surface area contributed by atoms with Crippen LogP contribution in [-0.4, -0.2) is 28.2 Å². The molecule has 0 amide bonds.